The second-order valence-corrected chi connectivity index (χ2v) is 4.57. The second kappa shape index (κ2) is 5.07. The van der Waals surface area contributed by atoms with Crippen LogP contribution in [-0.2, 0) is 4.79 Å². The van der Waals surface area contributed by atoms with E-state index in [0.29, 0.717) is 10.6 Å². The highest BCUT2D eigenvalue weighted by Crippen LogP contribution is 2.14. The zero-order valence-electron chi connectivity index (χ0n) is 9.85. The molecule has 88 valence electrons. The first-order valence-electron chi connectivity index (χ1n) is 4.79. The highest BCUT2D eigenvalue weighted by atomic mass is 32.1. The van der Waals surface area contributed by atoms with Crippen LogP contribution in [0.5, 0.6) is 0 Å². The molecule has 1 aromatic rings. The van der Waals surface area contributed by atoms with E-state index in [2.05, 4.69) is 4.98 Å². The lowest BCUT2D eigenvalue weighted by Crippen LogP contribution is -2.37. The fraction of sp³-hybridized carbons (Fsp3) is 0.500. The molecule has 1 rings (SSSR count). The van der Waals surface area contributed by atoms with Gasteiger partial charge in [0.25, 0.3) is 5.91 Å². The first-order chi connectivity index (χ1) is 7.43. The summed E-state index contributed by atoms with van der Waals surface area (Å²) in [6.07, 6.45) is 0. The van der Waals surface area contributed by atoms with Crippen molar-refractivity contribution < 1.29 is 9.59 Å². The van der Waals surface area contributed by atoms with E-state index in [0.717, 1.165) is 0 Å². The van der Waals surface area contributed by atoms with Gasteiger partial charge in [0.05, 0.1) is 17.7 Å². The average Bonchev–Trinajstić information content (AvgIpc) is 2.62. The molecule has 6 heteroatoms. The van der Waals surface area contributed by atoms with Crippen LogP contribution in [0, 0.1) is 6.92 Å². The van der Waals surface area contributed by atoms with Gasteiger partial charge in [-0.15, -0.1) is 11.3 Å². The van der Waals surface area contributed by atoms with Gasteiger partial charge in [0.1, 0.15) is 4.88 Å². The molecule has 1 aromatic heterocycles. The Morgan fingerprint density at radius 1 is 1.38 bits per heavy atom. The van der Waals surface area contributed by atoms with Gasteiger partial charge in [-0.25, -0.2) is 4.98 Å². The number of carbonyl (C=O) groups is 2. The third kappa shape index (κ3) is 2.79. The summed E-state index contributed by atoms with van der Waals surface area (Å²) in [7, 11) is 4.94. The van der Waals surface area contributed by atoms with E-state index in [1.165, 1.54) is 21.1 Å². The van der Waals surface area contributed by atoms with E-state index >= 15 is 0 Å². The van der Waals surface area contributed by atoms with Crippen LogP contribution in [0.3, 0.4) is 0 Å². The van der Waals surface area contributed by atoms with Crippen molar-refractivity contribution in [3.05, 3.63) is 16.1 Å². The van der Waals surface area contributed by atoms with Gasteiger partial charge in [-0.05, 0) is 6.92 Å². The number of rotatable bonds is 3. The Labute approximate surface area is 98.7 Å². The third-order valence-corrected chi connectivity index (χ3v) is 3.07. The van der Waals surface area contributed by atoms with Gasteiger partial charge in [-0.1, -0.05) is 0 Å². The molecular weight excluding hydrogens is 226 g/mol. The maximum atomic E-state index is 11.9. The van der Waals surface area contributed by atoms with Gasteiger partial charge in [-0.2, -0.15) is 0 Å². The lowest BCUT2D eigenvalue weighted by atomic mass is 10.3. The quantitative estimate of drug-likeness (QED) is 0.779. The number of likely N-dealkylation sites (N-methyl/N-ethyl adjacent to an activating group) is 2. The van der Waals surface area contributed by atoms with Crippen molar-refractivity contribution >= 4 is 23.2 Å². The molecule has 0 saturated carbocycles. The van der Waals surface area contributed by atoms with Crippen LogP contribution < -0.4 is 0 Å². The van der Waals surface area contributed by atoms with Crippen molar-refractivity contribution in [2.24, 2.45) is 0 Å². The Bertz CT molecular complexity index is 401. The van der Waals surface area contributed by atoms with E-state index in [1.54, 1.807) is 33.6 Å². The molecule has 0 fully saturated rings. The topological polar surface area (TPSA) is 53.5 Å². The maximum absolute atomic E-state index is 11.9. The second-order valence-electron chi connectivity index (χ2n) is 3.72. The number of aromatic nitrogens is 1. The molecule has 2 amide bonds. The number of aryl methyl sites for hydroxylation is 1. The van der Waals surface area contributed by atoms with E-state index < -0.39 is 0 Å². The highest BCUT2D eigenvalue weighted by molar-refractivity contribution is 7.11. The van der Waals surface area contributed by atoms with E-state index in [1.807, 2.05) is 0 Å². The number of nitrogens with zero attached hydrogens (tertiary/aromatic N) is 3. The number of hydrogen-bond donors (Lipinski definition) is 0. The molecule has 0 bridgehead atoms. The fourth-order valence-electron chi connectivity index (χ4n) is 1.10. The van der Waals surface area contributed by atoms with E-state index in [4.69, 9.17) is 0 Å². The fourth-order valence-corrected chi connectivity index (χ4v) is 1.89. The molecule has 5 nitrogen and oxygen atoms in total. The summed E-state index contributed by atoms with van der Waals surface area (Å²) < 4.78 is 0. The summed E-state index contributed by atoms with van der Waals surface area (Å²) in [6.45, 7) is 1.87. The summed E-state index contributed by atoms with van der Waals surface area (Å²) >= 11 is 1.29. The normalized spacial score (nSPS) is 10.0. The lowest BCUT2D eigenvalue weighted by molar-refractivity contribution is -0.129. The van der Waals surface area contributed by atoms with Gasteiger partial charge in [0.15, 0.2) is 0 Å². The van der Waals surface area contributed by atoms with Gasteiger partial charge in [0.2, 0.25) is 5.91 Å². The van der Waals surface area contributed by atoms with Crippen molar-refractivity contribution in [1.82, 2.24) is 14.8 Å². The van der Waals surface area contributed by atoms with Crippen LogP contribution >= 0.6 is 11.3 Å². The molecule has 1 heterocycles. The predicted molar refractivity (Wildman–Crippen MR) is 62.5 cm³/mol. The summed E-state index contributed by atoms with van der Waals surface area (Å²) in [5.74, 6) is -0.256. The van der Waals surface area contributed by atoms with Crippen molar-refractivity contribution in [1.29, 1.82) is 0 Å². The minimum absolute atomic E-state index is 0.0865. The predicted octanol–water partition coefficient (Wildman–Crippen LogP) is 0.612. The Morgan fingerprint density at radius 2 is 2.00 bits per heavy atom. The standard InChI is InChI=1S/C10H15N3O2S/c1-7-9(16-6-11-7)10(15)13(4)5-8(14)12(2)3/h6H,5H2,1-4H3. The Kier molecular flexibility index (Phi) is 4.00. The van der Waals surface area contributed by atoms with Crippen molar-refractivity contribution in [2.45, 2.75) is 6.92 Å². The Morgan fingerprint density at radius 3 is 2.44 bits per heavy atom. The largest absolute Gasteiger partial charge is 0.347 e. The molecule has 0 aliphatic carbocycles. The van der Waals surface area contributed by atoms with Crippen LogP contribution in [0.25, 0.3) is 0 Å². The summed E-state index contributed by atoms with van der Waals surface area (Å²) in [6, 6.07) is 0. The van der Waals surface area contributed by atoms with Crippen LogP contribution in [0.1, 0.15) is 15.4 Å². The molecule has 0 radical (unpaired) electrons. The molecule has 0 aromatic carbocycles. The van der Waals surface area contributed by atoms with Crippen molar-refractivity contribution in [3.8, 4) is 0 Å². The highest BCUT2D eigenvalue weighted by Gasteiger charge is 2.19. The minimum atomic E-state index is -0.157. The first-order valence-corrected chi connectivity index (χ1v) is 5.67. The average molecular weight is 241 g/mol. The molecule has 0 aliphatic heterocycles. The molecule has 0 spiro atoms. The summed E-state index contributed by atoms with van der Waals surface area (Å²) in [5.41, 5.74) is 2.34. The third-order valence-electron chi connectivity index (χ3n) is 2.16. The van der Waals surface area contributed by atoms with Crippen molar-refractivity contribution in [2.75, 3.05) is 27.7 Å². The lowest BCUT2D eigenvalue weighted by Gasteiger charge is -2.18. The van der Waals surface area contributed by atoms with E-state index in [9.17, 15) is 9.59 Å². The number of thiazole rings is 1. The van der Waals surface area contributed by atoms with Crippen LogP contribution in [0.15, 0.2) is 5.51 Å². The van der Waals surface area contributed by atoms with Crippen LogP contribution in [0.4, 0.5) is 0 Å². The first kappa shape index (κ1) is 12.6. The molecule has 0 aliphatic rings. The van der Waals surface area contributed by atoms with E-state index in [-0.39, 0.29) is 18.4 Å². The van der Waals surface area contributed by atoms with Gasteiger partial charge in [-0.3, -0.25) is 9.59 Å². The van der Waals surface area contributed by atoms with Gasteiger partial charge in [0, 0.05) is 21.1 Å². The Balaban J connectivity index is 2.69. The minimum Gasteiger partial charge on any atom is -0.347 e. The number of amides is 2. The van der Waals surface area contributed by atoms with Crippen LogP contribution in [-0.4, -0.2) is 54.3 Å². The number of hydrogen-bond acceptors (Lipinski definition) is 4. The van der Waals surface area contributed by atoms with Gasteiger partial charge >= 0.3 is 0 Å². The van der Waals surface area contributed by atoms with Crippen LogP contribution in [0.2, 0.25) is 0 Å². The smallest absolute Gasteiger partial charge is 0.266 e. The summed E-state index contributed by atoms with van der Waals surface area (Å²) in [4.78, 5) is 30.8. The zero-order chi connectivity index (χ0) is 12.3. The molecule has 0 saturated heterocycles. The molecule has 0 atom stereocenters. The van der Waals surface area contributed by atoms with Crippen molar-refractivity contribution in [3.63, 3.8) is 0 Å². The molecular formula is C10H15N3O2S. The van der Waals surface area contributed by atoms with Gasteiger partial charge < -0.3 is 9.80 Å². The molecule has 0 N–H and O–H groups in total. The summed E-state index contributed by atoms with van der Waals surface area (Å²) in [5, 5.41) is 0. The molecule has 0 unspecified atom stereocenters. The monoisotopic (exact) mass is 241 g/mol. The SMILES string of the molecule is Cc1ncsc1C(=O)N(C)CC(=O)N(C)C. The zero-order valence-corrected chi connectivity index (χ0v) is 10.7. The molecule has 16 heavy (non-hydrogen) atoms. The number of carbonyl (C=O) groups excluding carboxylic acids is 2. The Hall–Kier alpha value is -1.43. The maximum Gasteiger partial charge on any atom is 0.266 e.